The summed E-state index contributed by atoms with van der Waals surface area (Å²) in [5.74, 6) is 0.573. The maximum atomic E-state index is 13.3. The van der Waals surface area contributed by atoms with E-state index in [4.69, 9.17) is 9.47 Å². The number of carbonyl (C=O) groups is 2. The number of ether oxygens (including phenoxy) is 2. The summed E-state index contributed by atoms with van der Waals surface area (Å²) < 4.78 is 11.0. The van der Waals surface area contributed by atoms with Gasteiger partial charge in [0.1, 0.15) is 0 Å². The van der Waals surface area contributed by atoms with Gasteiger partial charge < -0.3 is 20.1 Å². The Kier molecular flexibility index (Phi) is 5.48. The van der Waals surface area contributed by atoms with Gasteiger partial charge in [-0.15, -0.1) is 0 Å². The first kappa shape index (κ1) is 21.0. The topological polar surface area (TPSA) is 76.7 Å². The number of para-hydroxylation sites is 2. The van der Waals surface area contributed by atoms with Crippen LogP contribution in [0.15, 0.2) is 53.7 Å². The summed E-state index contributed by atoms with van der Waals surface area (Å²) in [5.41, 5.74) is 4.34. The van der Waals surface area contributed by atoms with Gasteiger partial charge >= 0.3 is 5.97 Å². The molecule has 2 aliphatic rings. The van der Waals surface area contributed by atoms with Crippen molar-refractivity contribution in [3.63, 3.8) is 0 Å². The summed E-state index contributed by atoms with van der Waals surface area (Å²) in [6, 6.07) is 13.1. The van der Waals surface area contributed by atoms with Gasteiger partial charge in [0.05, 0.1) is 24.0 Å². The number of hydrogen-bond acceptors (Lipinski definition) is 6. The van der Waals surface area contributed by atoms with Crippen LogP contribution in [0.25, 0.3) is 0 Å². The second-order valence-corrected chi connectivity index (χ2v) is 8.81. The van der Waals surface area contributed by atoms with Gasteiger partial charge in [-0.25, -0.2) is 0 Å². The zero-order chi connectivity index (χ0) is 22.2. The first-order valence-corrected chi connectivity index (χ1v) is 10.6. The van der Waals surface area contributed by atoms with Crippen LogP contribution in [0.3, 0.4) is 0 Å². The first-order valence-electron chi connectivity index (χ1n) is 10.6. The van der Waals surface area contributed by atoms with Crippen molar-refractivity contribution in [2.75, 3.05) is 17.2 Å². The lowest BCUT2D eigenvalue weighted by Crippen LogP contribution is -2.31. The highest BCUT2D eigenvalue weighted by Crippen LogP contribution is 2.46. The van der Waals surface area contributed by atoms with Crippen molar-refractivity contribution < 1.29 is 19.1 Å². The molecule has 31 heavy (non-hydrogen) atoms. The summed E-state index contributed by atoms with van der Waals surface area (Å²) >= 11 is 0. The van der Waals surface area contributed by atoms with Crippen LogP contribution >= 0.6 is 0 Å². The van der Waals surface area contributed by atoms with Crippen molar-refractivity contribution in [3.8, 4) is 11.5 Å². The van der Waals surface area contributed by atoms with Crippen molar-refractivity contribution >= 4 is 23.1 Å². The number of anilines is 2. The molecule has 4 rings (SSSR count). The lowest BCUT2D eigenvalue weighted by atomic mass is 9.73. The molecular weight excluding hydrogens is 392 g/mol. The van der Waals surface area contributed by atoms with E-state index in [0.717, 1.165) is 34.6 Å². The molecule has 0 saturated carbocycles. The number of Topliss-reactive ketones (excluding diaryl/α,β-unsaturated/α-hetero) is 1. The van der Waals surface area contributed by atoms with Crippen LogP contribution in [-0.2, 0) is 9.59 Å². The van der Waals surface area contributed by atoms with E-state index < -0.39 is 5.97 Å². The minimum absolute atomic E-state index is 0.109. The number of allylic oxidation sites excluding steroid dienone is 1. The fraction of sp³-hybridized carbons (Fsp3) is 0.360. The van der Waals surface area contributed by atoms with Gasteiger partial charge in [-0.3, -0.25) is 9.59 Å². The second kappa shape index (κ2) is 8.10. The van der Waals surface area contributed by atoms with Crippen LogP contribution < -0.4 is 20.1 Å². The first-order chi connectivity index (χ1) is 14.8. The van der Waals surface area contributed by atoms with E-state index >= 15 is 0 Å². The standard InChI is InChI=1S/C25H28N2O4/c1-5-30-22-12-16(10-11-21(22)31-15(2)28)24-23-19(13-25(3,4)14-20(23)29)26-17-8-6-7-9-18(17)27-24/h6-12,24,26-27H,5,13-14H2,1-4H3/t24-/m1/s1. The van der Waals surface area contributed by atoms with Crippen LogP contribution in [0, 0.1) is 5.41 Å². The Labute approximate surface area is 182 Å². The Bertz CT molecular complexity index is 1070. The molecule has 2 aromatic rings. The van der Waals surface area contributed by atoms with Crippen LogP contribution in [0.1, 0.15) is 52.1 Å². The highest BCUT2D eigenvalue weighted by Gasteiger charge is 2.38. The number of fused-ring (bicyclic) bond motifs is 1. The zero-order valence-corrected chi connectivity index (χ0v) is 18.4. The van der Waals surface area contributed by atoms with Crippen LogP contribution in [-0.4, -0.2) is 18.4 Å². The molecule has 6 nitrogen and oxygen atoms in total. The van der Waals surface area contributed by atoms with Crippen molar-refractivity contribution in [1.29, 1.82) is 0 Å². The SMILES string of the molecule is CCOc1cc([C@H]2Nc3ccccc3NC3=C2C(=O)CC(C)(C)C3)ccc1OC(C)=O. The number of ketones is 1. The third-order valence-corrected chi connectivity index (χ3v) is 5.58. The van der Waals surface area contributed by atoms with Gasteiger partial charge in [0.2, 0.25) is 0 Å². The predicted octanol–water partition coefficient (Wildman–Crippen LogP) is 5.23. The van der Waals surface area contributed by atoms with Crippen molar-refractivity contribution in [3.05, 3.63) is 59.3 Å². The molecule has 1 atom stereocenters. The van der Waals surface area contributed by atoms with E-state index in [1.807, 2.05) is 43.3 Å². The lowest BCUT2D eigenvalue weighted by molar-refractivity contribution is -0.132. The summed E-state index contributed by atoms with van der Waals surface area (Å²) in [5, 5.41) is 7.08. The molecule has 0 fully saturated rings. The number of hydrogen-bond donors (Lipinski definition) is 2. The maximum Gasteiger partial charge on any atom is 0.308 e. The smallest absolute Gasteiger partial charge is 0.308 e. The minimum atomic E-state index is -0.408. The Morgan fingerprint density at radius 3 is 2.55 bits per heavy atom. The van der Waals surface area contributed by atoms with Gasteiger partial charge in [-0.2, -0.15) is 0 Å². The minimum Gasteiger partial charge on any atom is -0.490 e. The molecule has 0 radical (unpaired) electrons. The third-order valence-electron chi connectivity index (χ3n) is 5.58. The normalized spacial score (nSPS) is 19.4. The van der Waals surface area contributed by atoms with E-state index in [9.17, 15) is 9.59 Å². The van der Waals surface area contributed by atoms with Crippen LogP contribution in [0.4, 0.5) is 11.4 Å². The van der Waals surface area contributed by atoms with E-state index in [0.29, 0.717) is 24.5 Å². The average molecular weight is 421 g/mol. The Morgan fingerprint density at radius 1 is 1.10 bits per heavy atom. The fourth-order valence-electron chi connectivity index (χ4n) is 4.35. The molecule has 6 heteroatoms. The summed E-state index contributed by atoms with van der Waals surface area (Å²) in [6.45, 7) is 7.91. The second-order valence-electron chi connectivity index (χ2n) is 8.81. The molecular formula is C25H28N2O4. The van der Waals surface area contributed by atoms with Crippen LogP contribution in [0.5, 0.6) is 11.5 Å². The summed E-state index contributed by atoms with van der Waals surface area (Å²) in [7, 11) is 0. The van der Waals surface area contributed by atoms with E-state index in [1.165, 1.54) is 6.92 Å². The van der Waals surface area contributed by atoms with Crippen molar-refractivity contribution in [2.45, 2.75) is 46.6 Å². The zero-order valence-electron chi connectivity index (χ0n) is 18.4. The fourth-order valence-corrected chi connectivity index (χ4v) is 4.35. The third kappa shape index (κ3) is 4.29. The Hall–Kier alpha value is -3.28. The maximum absolute atomic E-state index is 13.3. The number of benzene rings is 2. The molecule has 0 unspecified atom stereocenters. The number of rotatable bonds is 4. The molecule has 0 saturated heterocycles. The Balaban J connectivity index is 1.84. The highest BCUT2D eigenvalue weighted by atomic mass is 16.6. The van der Waals surface area contributed by atoms with Gasteiger partial charge in [0.25, 0.3) is 0 Å². The van der Waals surface area contributed by atoms with E-state index in [2.05, 4.69) is 24.5 Å². The molecule has 0 spiro atoms. The van der Waals surface area contributed by atoms with E-state index in [-0.39, 0.29) is 17.2 Å². The Morgan fingerprint density at radius 2 is 1.84 bits per heavy atom. The number of esters is 1. The molecule has 0 aromatic heterocycles. The number of nitrogens with one attached hydrogen (secondary N) is 2. The predicted molar refractivity (Wildman–Crippen MR) is 120 cm³/mol. The molecule has 0 bridgehead atoms. The van der Waals surface area contributed by atoms with E-state index in [1.54, 1.807) is 6.07 Å². The van der Waals surface area contributed by atoms with Gasteiger partial charge in [0.15, 0.2) is 17.3 Å². The largest absolute Gasteiger partial charge is 0.490 e. The summed E-state index contributed by atoms with van der Waals surface area (Å²) in [4.78, 5) is 24.8. The molecule has 1 aliphatic carbocycles. The molecule has 1 aliphatic heterocycles. The summed E-state index contributed by atoms with van der Waals surface area (Å²) in [6.07, 6.45) is 1.27. The van der Waals surface area contributed by atoms with Gasteiger partial charge in [0, 0.05) is 24.6 Å². The molecule has 162 valence electrons. The van der Waals surface area contributed by atoms with Crippen molar-refractivity contribution in [1.82, 2.24) is 0 Å². The average Bonchev–Trinajstić information content (AvgIpc) is 2.84. The molecule has 1 heterocycles. The highest BCUT2D eigenvalue weighted by molar-refractivity contribution is 6.01. The monoisotopic (exact) mass is 420 g/mol. The molecule has 2 N–H and O–H groups in total. The quantitative estimate of drug-likeness (QED) is 0.521. The van der Waals surface area contributed by atoms with Gasteiger partial charge in [-0.05, 0) is 48.6 Å². The number of carbonyl (C=O) groups excluding carboxylic acids is 2. The lowest BCUT2D eigenvalue weighted by Gasteiger charge is -2.34. The van der Waals surface area contributed by atoms with Crippen molar-refractivity contribution in [2.24, 2.45) is 5.41 Å². The van der Waals surface area contributed by atoms with Gasteiger partial charge in [-0.1, -0.05) is 32.0 Å². The molecule has 2 aromatic carbocycles. The molecule has 0 amide bonds. The van der Waals surface area contributed by atoms with Crippen LogP contribution in [0.2, 0.25) is 0 Å².